The Morgan fingerprint density at radius 2 is 2.36 bits per heavy atom. The molecule has 0 N–H and O–H groups in total. The van der Waals surface area contributed by atoms with Crippen LogP contribution in [0.4, 0.5) is 0 Å². The van der Waals surface area contributed by atoms with Crippen LogP contribution in [0.25, 0.3) is 0 Å². The molecule has 1 atom stereocenters. The lowest BCUT2D eigenvalue weighted by molar-refractivity contribution is -0.108. The average Bonchev–Trinajstić information content (AvgIpc) is 2.66. The lowest BCUT2D eigenvalue weighted by Crippen LogP contribution is -1.97. The zero-order chi connectivity index (χ0) is 9.97. The third-order valence-corrected chi connectivity index (χ3v) is 2.38. The van der Waals surface area contributed by atoms with Crippen LogP contribution in [-0.2, 0) is 9.53 Å². The van der Waals surface area contributed by atoms with E-state index < -0.39 is 0 Å². The van der Waals surface area contributed by atoms with Gasteiger partial charge in [0.15, 0.2) is 12.0 Å². The second-order valence-electron chi connectivity index (χ2n) is 3.12. The molecule has 1 heterocycles. The van der Waals surface area contributed by atoms with Crippen LogP contribution in [0.5, 0.6) is 0 Å². The molecule has 0 bridgehead atoms. The van der Waals surface area contributed by atoms with E-state index in [1.165, 1.54) is 0 Å². The fourth-order valence-corrected chi connectivity index (χ4v) is 1.67. The number of carbonyl (C=O) groups is 1. The van der Waals surface area contributed by atoms with Crippen molar-refractivity contribution in [2.24, 2.45) is 0 Å². The minimum atomic E-state index is -0.0612. The fourth-order valence-electron chi connectivity index (χ4n) is 1.47. The average molecular weight is 209 g/mol. The van der Waals surface area contributed by atoms with Crippen molar-refractivity contribution in [1.82, 2.24) is 0 Å². The van der Waals surface area contributed by atoms with Gasteiger partial charge in [-0.05, 0) is 23.8 Å². The molecule has 3 heteroatoms. The smallest absolute Gasteiger partial charge is 0.184 e. The van der Waals surface area contributed by atoms with E-state index in [1.54, 1.807) is 6.08 Å². The van der Waals surface area contributed by atoms with Gasteiger partial charge in [-0.15, -0.1) is 0 Å². The highest BCUT2D eigenvalue weighted by molar-refractivity contribution is 6.30. The Morgan fingerprint density at radius 1 is 1.50 bits per heavy atom. The van der Waals surface area contributed by atoms with Crippen LogP contribution in [0.2, 0.25) is 5.02 Å². The molecule has 0 aliphatic carbocycles. The summed E-state index contributed by atoms with van der Waals surface area (Å²) in [7, 11) is 0. The predicted molar refractivity (Wildman–Crippen MR) is 54.0 cm³/mol. The quantitative estimate of drug-likeness (QED) is 0.699. The Bertz CT molecular complexity index is 385. The molecular weight excluding hydrogens is 200 g/mol. The minimum Gasteiger partial charge on any atom is -0.482 e. The summed E-state index contributed by atoms with van der Waals surface area (Å²) in [5, 5.41) is 0.686. The van der Waals surface area contributed by atoms with Crippen molar-refractivity contribution in [2.45, 2.75) is 12.5 Å². The highest BCUT2D eigenvalue weighted by atomic mass is 35.5. The number of hydrogen-bond acceptors (Lipinski definition) is 2. The van der Waals surface area contributed by atoms with E-state index in [0.717, 1.165) is 18.3 Å². The molecule has 0 fully saturated rings. The van der Waals surface area contributed by atoms with E-state index in [2.05, 4.69) is 0 Å². The predicted octanol–water partition coefficient (Wildman–Crippen LogP) is 2.88. The highest BCUT2D eigenvalue weighted by Gasteiger charge is 2.19. The van der Waals surface area contributed by atoms with E-state index in [0.29, 0.717) is 10.8 Å². The van der Waals surface area contributed by atoms with Crippen molar-refractivity contribution in [3.63, 3.8) is 0 Å². The molecule has 2 rings (SSSR count). The zero-order valence-corrected chi connectivity index (χ0v) is 8.20. The van der Waals surface area contributed by atoms with E-state index in [-0.39, 0.29) is 6.10 Å². The number of ether oxygens (including phenoxy) is 1. The number of aldehydes is 1. The van der Waals surface area contributed by atoms with Crippen LogP contribution in [0.1, 0.15) is 18.1 Å². The molecule has 14 heavy (non-hydrogen) atoms. The highest BCUT2D eigenvalue weighted by Crippen LogP contribution is 2.30. The van der Waals surface area contributed by atoms with E-state index in [4.69, 9.17) is 16.3 Å². The van der Waals surface area contributed by atoms with Crippen molar-refractivity contribution >= 4 is 17.9 Å². The van der Waals surface area contributed by atoms with Crippen LogP contribution < -0.4 is 0 Å². The van der Waals surface area contributed by atoms with Gasteiger partial charge in [-0.2, -0.15) is 0 Å². The maximum Gasteiger partial charge on any atom is 0.184 e. The zero-order valence-electron chi connectivity index (χ0n) is 7.44. The summed E-state index contributed by atoms with van der Waals surface area (Å²) in [6, 6.07) is 7.49. The summed E-state index contributed by atoms with van der Waals surface area (Å²) >= 11 is 5.85. The molecule has 0 spiro atoms. The molecule has 0 saturated carbocycles. The molecule has 1 aromatic carbocycles. The Labute approximate surface area is 87.1 Å². The third-order valence-electron chi connectivity index (χ3n) is 2.15. The van der Waals surface area contributed by atoms with Crippen molar-refractivity contribution in [2.75, 3.05) is 0 Å². The van der Waals surface area contributed by atoms with E-state index in [1.807, 2.05) is 24.3 Å². The molecule has 0 saturated heterocycles. The lowest BCUT2D eigenvalue weighted by atomic mass is 10.1. The van der Waals surface area contributed by atoms with Gasteiger partial charge in [0.05, 0.1) is 0 Å². The molecular formula is C11H9ClO2. The van der Waals surface area contributed by atoms with Gasteiger partial charge in [-0.25, -0.2) is 0 Å². The van der Waals surface area contributed by atoms with Gasteiger partial charge in [-0.1, -0.05) is 23.7 Å². The molecule has 72 valence electrons. The number of benzene rings is 1. The summed E-state index contributed by atoms with van der Waals surface area (Å²) in [5.74, 6) is 0.412. The SMILES string of the molecule is O=CC1=CCC(c2cccc(Cl)c2)O1. The maximum absolute atomic E-state index is 10.4. The van der Waals surface area contributed by atoms with Crippen LogP contribution in [0.3, 0.4) is 0 Å². The second-order valence-corrected chi connectivity index (χ2v) is 3.56. The fraction of sp³-hybridized carbons (Fsp3) is 0.182. The number of halogens is 1. The van der Waals surface area contributed by atoms with Crippen LogP contribution >= 0.6 is 11.6 Å². The third kappa shape index (κ3) is 1.80. The van der Waals surface area contributed by atoms with Gasteiger partial charge in [0.25, 0.3) is 0 Å². The van der Waals surface area contributed by atoms with Gasteiger partial charge in [-0.3, -0.25) is 4.79 Å². The lowest BCUT2D eigenvalue weighted by Gasteiger charge is -2.11. The largest absolute Gasteiger partial charge is 0.482 e. The molecule has 1 aliphatic heterocycles. The normalized spacial score (nSPS) is 20.1. The maximum atomic E-state index is 10.4. The Morgan fingerprint density at radius 3 is 3.00 bits per heavy atom. The van der Waals surface area contributed by atoms with Gasteiger partial charge in [0, 0.05) is 11.4 Å². The van der Waals surface area contributed by atoms with Crippen molar-refractivity contribution < 1.29 is 9.53 Å². The van der Waals surface area contributed by atoms with Crippen molar-refractivity contribution in [3.05, 3.63) is 46.7 Å². The second kappa shape index (κ2) is 3.84. The Kier molecular flexibility index (Phi) is 2.55. The van der Waals surface area contributed by atoms with Crippen LogP contribution in [-0.4, -0.2) is 6.29 Å². The Balaban J connectivity index is 2.15. The van der Waals surface area contributed by atoms with Crippen LogP contribution in [0, 0.1) is 0 Å². The molecule has 1 unspecified atom stereocenters. The first-order valence-corrected chi connectivity index (χ1v) is 4.75. The molecule has 0 amide bonds. The van der Waals surface area contributed by atoms with E-state index >= 15 is 0 Å². The first-order chi connectivity index (χ1) is 6.79. The summed E-state index contributed by atoms with van der Waals surface area (Å²) in [6.45, 7) is 0. The summed E-state index contributed by atoms with van der Waals surface area (Å²) in [5.41, 5.74) is 1.01. The van der Waals surface area contributed by atoms with Crippen molar-refractivity contribution in [1.29, 1.82) is 0 Å². The first-order valence-electron chi connectivity index (χ1n) is 4.37. The standard InChI is InChI=1S/C11H9ClO2/c12-9-3-1-2-8(6-9)11-5-4-10(7-13)14-11/h1-4,6-7,11H,5H2. The molecule has 0 radical (unpaired) electrons. The van der Waals surface area contributed by atoms with Gasteiger partial charge >= 0.3 is 0 Å². The Hall–Kier alpha value is -1.28. The topological polar surface area (TPSA) is 26.3 Å². The number of hydrogen-bond donors (Lipinski definition) is 0. The molecule has 1 aromatic rings. The summed E-state index contributed by atoms with van der Waals surface area (Å²) < 4.78 is 5.39. The molecule has 2 nitrogen and oxygen atoms in total. The van der Waals surface area contributed by atoms with E-state index in [9.17, 15) is 4.79 Å². The monoisotopic (exact) mass is 208 g/mol. The molecule has 1 aliphatic rings. The first kappa shape index (κ1) is 9.28. The van der Waals surface area contributed by atoms with Gasteiger partial charge in [0.2, 0.25) is 0 Å². The summed E-state index contributed by atoms with van der Waals surface area (Å²) in [4.78, 5) is 10.4. The minimum absolute atomic E-state index is 0.0612. The number of carbonyl (C=O) groups excluding carboxylic acids is 1. The number of allylic oxidation sites excluding steroid dienone is 1. The van der Waals surface area contributed by atoms with Gasteiger partial charge < -0.3 is 4.74 Å². The van der Waals surface area contributed by atoms with Crippen LogP contribution in [0.15, 0.2) is 36.1 Å². The molecule has 0 aromatic heterocycles. The van der Waals surface area contributed by atoms with Crippen molar-refractivity contribution in [3.8, 4) is 0 Å². The summed E-state index contributed by atoms with van der Waals surface area (Å²) in [6.07, 6.45) is 3.19. The number of rotatable bonds is 2. The van der Waals surface area contributed by atoms with Gasteiger partial charge in [0.1, 0.15) is 6.10 Å².